The summed E-state index contributed by atoms with van der Waals surface area (Å²) in [5, 5.41) is 16.9. The number of alkyl carbamates (subject to hydrolysis) is 3. The summed E-state index contributed by atoms with van der Waals surface area (Å²) in [6, 6.07) is 14.7. The monoisotopic (exact) mass is 610 g/mol. The van der Waals surface area contributed by atoms with Crippen LogP contribution in [0.25, 0.3) is 11.1 Å². The molecule has 1 aliphatic carbocycles. The highest BCUT2D eigenvalue weighted by Gasteiger charge is 2.30. The molecule has 2 aromatic rings. The first-order chi connectivity index (χ1) is 20.6. The van der Waals surface area contributed by atoms with Gasteiger partial charge in [0.15, 0.2) is 0 Å². The van der Waals surface area contributed by atoms with Gasteiger partial charge in [0.25, 0.3) is 0 Å². The van der Waals surface area contributed by atoms with Gasteiger partial charge in [0, 0.05) is 12.5 Å². The van der Waals surface area contributed by atoms with Crippen LogP contribution >= 0.6 is 0 Å². The van der Waals surface area contributed by atoms with Crippen molar-refractivity contribution in [3.8, 4) is 11.1 Å². The number of nitrogens with one attached hydrogen (secondary N) is 3. The molecule has 3 amide bonds. The van der Waals surface area contributed by atoms with E-state index in [1.807, 2.05) is 48.5 Å². The number of aliphatic imine (C=N–C) groups is 1. The van der Waals surface area contributed by atoms with Crippen molar-refractivity contribution >= 4 is 30.2 Å². The highest BCUT2D eigenvalue weighted by molar-refractivity contribution is 6.01. The Morgan fingerprint density at radius 1 is 0.795 bits per heavy atom. The zero-order valence-corrected chi connectivity index (χ0v) is 26.1. The minimum atomic E-state index is -1.19. The molecule has 0 aromatic heterocycles. The molecule has 3 rings (SSSR count). The molecule has 2 aromatic carbocycles. The van der Waals surface area contributed by atoms with Gasteiger partial charge < -0.3 is 24.6 Å². The van der Waals surface area contributed by atoms with Crippen LogP contribution in [-0.2, 0) is 19.0 Å². The molecule has 0 bridgehead atoms. The van der Waals surface area contributed by atoms with E-state index >= 15 is 0 Å². The molecule has 44 heavy (non-hydrogen) atoms. The third-order valence-electron chi connectivity index (χ3n) is 6.34. The van der Waals surface area contributed by atoms with E-state index in [9.17, 15) is 24.3 Å². The van der Waals surface area contributed by atoms with Gasteiger partial charge >= 0.3 is 24.2 Å². The average molecular weight is 611 g/mol. The highest BCUT2D eigenvalue weighted by Crippen LogP contribution is 2.44. The lowest BCUT2D eigenvalue weighted by Crippen LogP contribution is -2.47. The number of benzene rings is 2. The number of fused-ring (bicyclic) bond motifs is 3. The topological polar surface area (TPSA) is 165 Å². The number of carboxylic acids is 1. The first-order valence-corrected chi connectivity index (χ1v) is 14.5. The maximum absolute atomic E-state index is 12.6. The number of hydrogen-bond donors (Lipinski definition) is 4. The van der Waals surface area contributed by atoms with Crippen LogP contribution in [0.3, 0.4) is 0 Å². The van der Waals surface area contributed by atoms with Crippen molar-refractivity contribution in [1.82, 2.24) is 16.0 Å². The molecule has 0 aliphatic heterocycles. The first kappa shape index (κ1) is 33.9. The third-order valence-corrected chi connectivity index (χ3v) is 6.34. The summed E-state index contributed by atoms with van der Waals surface area (Å²) >= 11 is 0. The summed E-state index contributed by atoms with van der Waals surface area (Å²) in [7, 11) is 0. The summed E-state index contributed by atoms with van der Waals surface area (Å²) in [6.45, 7) is 10.4. The lowest BCUT2D eigenvalue weighted by Gasteiger charge is -2.22. The predicted molar refractivity (Wildman–Crippen MR) is 165 cm³/mol. The van der Waals surface area contributed by atoms with Crippen LogP contribution < -0.4 is 16.0 Å². The number of carbonyl (C=O) groups excluding carboxylic acids is 3. The van der Waals surface area contributed by atoms with Gasteiger partial charge in [-0.25, -0.2) is 19.2 Å². The van der Waals surface area contributed by atoms with Crippen molar-refractivity contribution in [3.63, 3.8) is 0 Å². The smallest absolute Gasteiger partial charge is 0.414 e. The number of carbonyl (C=O) groups is 4. The van der Waals surface area contributed by atoms with Crippen molar-refractivity contribution in [2.45, 2.75) is 84.0 Å². The van der Waals surface area contributed by atoms with E-state index in [0.29, 0.717) is 12.8 Å². The number of carboxylic acid groups (broad SMARTS) is 1. The number of amides is 3. The number of hydrogen-bond acceptors (Lipinski definition) is 8. The Morgan fingerprint density at radius 3 is 1.77 bits per heavy atom. The molecule has 0 heterocycles. The van der Waals surface area contributed by atoms with E-state index in [1.54, 1.807) is 41.5 Å². The van der Waals surface area contributed by atoms with Gasteiger partial charge in [-0.05, 0) is 83.1 Å². The Balaban J connectivity index is 1.52. The van der Waals surface area contributed by atoms with Gasteiger partial charge in [-0.1, -0.05) is 48.5 Å². The number of unbranched alkanes of at least 4 members (excludes halogenated alkanes) is 1. The van der Waals surface area contributed by atoms with Crippen LogP contribution in [0.1, 0.15) is 77.8 Å². The van der Waals surface area contributed by atoms with Gasteiger partial charge in [-0.15, -0.1) is 0 Å². The quantitative estimate of drug-likeness (QED) is 0.124. The van der Waals surface area contributed by atoms with Crippen LogP contribution in [0.2, 0.25) is 0 Å². The Morgan fingerprint density at radius 2 is 1.30 bits per heavy atom. The second kappa shape index (κ2) is 14.7. The Labute approximate surface area is 257 Å². The summed E-state index contributed by atoms with van der Waals surface area (Å²) in [5.74, 6) is -1.51. The molecule has 1 aliphatic rings. The van der Waals surface area contributed by atoms with Crippen LogP contribution in [0.4, 0.5) is 14.4 Å². The molecule has 12 nitrogen and oxygen atoms in total. The summed E-state index contributed by atoms with van der Waals surface area (Å²) in [4.78, 5) is 53.1. The average Bonchev–Trinajstić information content (AvgIpc) is 3.22. The van der Waals surface area contributed by atoms with Crippen molar-refractivity contribution in [3.05, 3.63) is 59.7 Å². The summed E-state index contributed by atoms with van der Waals surface area (Å²) < 4.78 is 15.9. The van der Waals surface area contributed by atoms with Gasteiger partial charge in [0.1, 0.15) is 23.9 Å². The van der Waals surface area contributed by atoms with E-state index in [2.05, 4.69) is 20.9 Å². The molecule has 0 unspecified atom stereocenters. The number of ether oxygens (including phenoxy) is 3. The standard InChI is InChI=1S/C32H42N4O8/c1-31(2,3)43-29(40)35-27(36-30(41)44-32(4,5)6)33-18-12-11-17-25(26(37)38)34-28(39)42-19-24-22-15-9-7-13-20(22)21-14-8-10-16-23(21)24/h7-10,13-16,24-25H,11-12,17-19H2,1-6H3,(H,34,39)(H,37,38)(H2,33,35,36,40,41)/t25-/m0/s1. The summed E-state index contributed by atoms with van der Waals surface area (Å²) in [6.07, 6.45) is -1.57. The van der Waals surface area contributed by atoms with Crippen molar-refractivity contribution in [2.24, 2.45) is 4.99 Å². The Kier molecular flexibility index (Phi) is 11.3. The zero-order valence-electron chi connectivity index (χ0n) is 26.1. The second-order valence-electron chi connectivity index (χ2n) is 12.3. The highest BCUT2D eigenvalue weighted by atomic mass is 16.6. The third kappa shape index (κ3) is 10.6. The number of aliphatic carboxylic acids is 1. The van der Waals surface area contributed by atoms with Gasteiger partial charge in [-0.2, -0.15) is 0 Å². The second-order valence-corrected chi connectivity index (χ2v) is 12.3. The van der Waals surface area contributed by atoms with E-state index in [-0.39, 0.29) is 31.4 Å². The van der Waals surface area contributed by atoms with Gasteiger partial charge in [0.2, 0.25) is 5.96 Å². The molecule has 238 valence electrons. The maximum Gasteiger partial charge on any atom is 0.414 e. The fourth-order valence-corrected chi connectivity index (χ4v) is 4.60. The number of nitrogens with zero attached hydrogens (tertiary/aromatic N) is 1. The lowest BCUT2D eigenvalue weighted by molar-refractivity contribution is -0.139. The molecule has 1 atom stereocenters. The molecule has 0 saturated carbocycles. The van der Waals surface area contributed by atoms with E-state index in [4.69, 9.17) is 14.2 Å². The SMILES string of the molecule is CC(C)(C)OC(=O)NC(=NCCCC[C@H](NC(=O)OCC1c2ccccc2-c2ccccc21)C(=O)O)NC(=O)OC(C)(C)C. The largest absolute Gasteiger partial charge is 0.480 e. The fourth-order valence-electron chi connectivity index (χ4n) is 4.60. The van der Waals surface area contributed by atoms with Crippen LogP contribution in [0.15, 0.2) is 53.5 Å². The van der Waals surface area contributed by atoms with Crippen LogP contribution in [-0.4, -0.2) is 65.7 Å². The first-order valence-electron chi connectivity index (χ1n) is 14.5. The van der Waals surface area contributed by atoms with Crippen molar-refractivity contribution in [2.75, 3.05) is 13.2 Å². The van der Waals surface area contributed by atoms with Gasteiger partial charge in [-0.3, -0.25) is 15.6 Å². The lowest BCUT2D eigenvalue weighted by atomic mass is 9.98. The molecular weight excluding hydrogens is 568 g/mol. The Hall–Kier alpha value is -4.61. The number of rotatable bonds is 9. The zero-order chi connectivity index (χ0) is 32.5. The molecule has 4 N–H and O–H groups in total. The van der Waals surface area contributed by atoms with Crippen molar-refractivity contribution in [1.29, 1.82) is 0 Å². The summed E-state index contributed by atoms with van der Waals surface area (Å²) in [5.41, 5.74) is 2.75. The van der Waals surface area contributed by atoms with Crippen LogP contribution in [0, 0.1) is 0 Å². The molecule has 0 radical (unpaired) electrons. The van der Waals surface area contributed by atoms with Gasteiger partial charge in [0.05, 0.1) is 0 Å². The molecule has 0 saturated heterocycles. The van der Waals surface area contributed by atoms with E-state index < -0.39 is 41.5 Å². The normalized spacial score (nSPS) is 13.0. The minimum absolute atomic E-state index is 0.0684. The Bertz CT molecular complexity index is 1300. The fraction of sp³-hybridized carbons (Fsp3) is 0.469. The minimum Gasteiger partial charge on any atom is -0.480 e. The van der Waals surface area contributed by atoms with Crippen molar-refractivity contribution < 1.29 is 38.5 Å². The van der Waals surface area contributed by atoms with E-state index in [1.165, 1.54) is 0 Å². The number of guanidine groups is 1. The molecular formula is C32H42N4O8. The van der Waals surface area contributed by atoms with E-state index in [0.717, 1.165) is 22.3 Å². The predicted octanol–water partition coefficient (Wildman–Crippen LogP) is 5.55. The van der Waals surface area contributed by atoms with Crippen LogP contribution in [0.5, 0.6) is 0 Å². The molecule has 0 spiro atoms. The maximum atomic E-state index is 12.6. The molecule has 12 heteroatoms. The molecule has 0 fully saturated rings.